The van der Waals surface area contributed by atoms with E-state index in [-0.39, 0.29) is 28.8 Å². The molecule has 0 aliphatic carbocycles. The van der Waals surface area contributed by atoms with E-state index >= 15 is 0 Å². The van der Waals surface area contributed by atoms with Crippen LogP contribution in [0, 0.1) is 0 Å². The molecule has 3 rings (SSSR count). The lowest BCUT2D eigenvalue weighted by molar-refractivity contribution is -0.274. The maximum absolute atomic E-state index is 12.6. The van der Waals surface area contributed by atoms with Gasteiger partial charge in [-0.3, -0.25) is 0 Å². The van der Waals surface area contributed by atoms with Crippen molar-refractivity contribution >= 4 is 9.84 Å². The van der Waals surface area contributed by atoms with Gasteiger partial charge in [0.1, 0.15) is 23.4 Å². The smallest absolute Gasteiger partial charge is 0.457 e. The highest BCUT2D eigenvalue weighted by molar-refractivity contribution is 7.91. The fraction of sp³-hybridized carbons (Fsp3) is 0.400. The molecular formula is C20H21F3O7S. The number of halogens is 3. The van der Waals surface area contributed by atoms with Crippen molar-refractivity contribution in [2.45, 2.75) is 43.1 Å². The quantitative estimate of drug-likeness (QED) is 0.672. The summed E-state index contributed by atoms with van der Waals surface area (Å²) in [6, 6.07) is 10.2. The third kappa shape index (κ3) is 6.57. The van der Waals surface area contributed by atoms with Gasteiger partial charge in [0.2, 0.25) is 0 Å². The zero-order chi connectivity index (χ0) is 22.9. The Morgan fingerprint density at radius 2 is 1.58 bits per heavy atom. The number of alkyl halides is 3. The summed E-state index contributed by atoms with van der Waals surface area (Å²) >= 11 is 0. The van der Waals surface area contributed by atoms with E-state index < -0.39 is 39.9 Å². The maximum atomic E-state index is 12.6. The molecule has 1 fully saturated rings. The van der Waals surface area contributed by atoms with E-state index in [2.05, 4.69) is 4.74 Å². The van der Waals surface area contributed by atoms with Gasteiger partial charge in [-0.2, -0.15) is 0 Å². The maximum Gasteiger partial charge on any atom is 0.573 e. The predicted octanol–water partition coefficient (Wildman–Crippen LogP) is 3.66. The van der Waals surface area contributed by atoms with Crippen LogP contribution in [0.5, 0.6) is 17.2 Å². The highest BCUT2D eigenvalue weighted by Crippen LogP contribution is 2.29. The first kappa shape index (κ1) is 23.3. The summed E-state index contributed by atoms with van der Waals surface area (Å²) in [6.45, 7) is 3.43. The molecule has 0 saturated carbocycles. The van der Waals surface area contributed by atoms with Gasteiger partial charge in [-0.1, -0.05) is 0 Å². The third-order valence-corrected chi connectivity index (χ3v) is 6.10. The second-order valence-corrected chi connectivity index (χ2v) is 9.34. The van der Waals surface area contributed by atoms with Gasteiger partial charge in [-0.05, 0) is 62.4 Å². The molecule has 0 bridgehead atoms. The van der Waals surface area contributed by atoms with Crippen LogP contribution in [0.25, 0.3) is 0 Å². The molecule has 2 aromatic rings. The van der Waals surface area contributed by atoms with Gasteiger partial charge >= 0.3 is 6.36 Å². The van der Waals surface area contributed by atoms with Crippen LogP contribution in [0.3, 0.4) is 0 Å². The number of aliphatic hydroxyl groups excluding tert-OH is 1. The number of sulfone groups is 1. The normalized spacial score (nSPS) is 19.7. The number of hydrogen-bond acceptors (Lipinski definition) is 7. The minimum Gasteiger partial charge on any atom is -0.457 e. The topological polar surface area (TPSA) is 91.3 Å². The second kappa shape index (κ2) is 8.65. The van der Waals surface area contributed by atoms with Crippen LogP contribution >= 0.6 is 0 Å². The Labute approximate surface area is 177 Å². The lowest BCUT2D eigenvalue weighted by Crippen LogP contribution is -2.36. The van der Waals surface area contributed by atoms with Crippen molar-refractivity contribution in [3.63, 3.8) is 0 Å². The molecule has 1 N–H and O–H groups in total. The van der Waals surface area contributed by atoms with Crippen LogP contribution in [0.1, 0.15) is 13.8 Å². The Morgan fingerprint density at radius 3 is 2.06 bits per heavy atom. The number of hydrogen-bond donors (Lipinski definition) is 1. The van der Waals surface area contributed by atoms with Gasteiger partial charge in [0.25, 0.3) is 0 Å². The van der Waals surface area contributed by atoms with Crippen molar-refractivity contribution < 1.29 is 45.6 Å². The molecule has 0 amide bonds. The van der Waals surface area contributed by atoms with Gasteiger partial charge in [-0.25, -0.2) is 8.42 Å². The first-order valence-corrected chi connectivity index (χ1v) is 10.8. The van der Waals surface area contributed by atoms with Crippen LogP contribution in [0.4, 0.5) is 13.2 Å². The van der Waals surface area contributed by atoms with Crippen LogP contribution in [-0.2, 0) is 19.3 Å². The lowest BCUT2D eigenvalue weighted by atomic mass is 10.2. The monoisotopic (exact) mass is 462 g/mol. The van der Waals surface area contributed by atoms with Gasteiger partial charge in [0, 0.05) is 0 Å². The second-order valence-electron chi connectivity index (χ2n) is 7.31. The molecule has 170 valence electrons. The Morgan fingerprint density at radius 1 is 1.06 bits per heavy atom. The van der Waals surface area contributed by atoms with Crippen molar-refractivity contribution in [3.05, 3.63) is 48.5 Å². The van der Waals surface area contributed by atoms with Crippen LogP contribution in [0.2, 0.25) is 0 Å². The highest BCUT2D eigenvalue weighted by atomic mass is 32.2. The van der Waals surface area contributed by atoms with Gasteiger partial charge in [0.15, 0.2) is 15.6 Å². The first-order valence-electron chi connectivity index (χ1n) is 9.19. The zero-order valence-electron chi connectivity index (χ0n) is 16.6. The number of rotatable bonds is 7. The summed E-state index contributed by atoms with van der Waals surface area (Å²) in [5.41, 5.74) is 0. The van der Waals surface area contributed by atoms with E-state index in [1.807, 2.05) is 0 Å². The summed E-state index contributed by atoms with van der Waals surface area (Å²) in [6.07, 6.45) is -6.80. The predicted molar refractivity (Wildman–Crippen MR) is 103 cm³/mol. The molecule has 0 radical (unpaired) electrons. The lowest BCUT2D eigenvalue weighted by Gasteiger charge is -2.20. The SMILES string of the molecule is CC1(C)OC[C@@H](C(O)CS(=O)(=O)c2ccc(Oc3ccc(OC(F)(F)F)cc3)cc2)O1. The summed E-state index contributed by atoms with van der Waals surface area (Å²) in [7, 11) is -3.81. The van der Waals surface area contributed by atoms with Crippen LogP contribution in [-0.4, -0.2) is 50.2 Å². The largest absolute Gasteiger partial charge is 0.573 e. The molecule has 0 spiro atoms. The van der Waals surface area contributed by atoms with Crippen molar-refractivity contribution in [1.29, 1.82) is 0 Å². The molecule has 2 aromatic carbocycles. The molecule has 1 aliphatic heterocycles. The molecule has 0 aromatic heterocycles. The van der Waals surface area contributed by atoms with E-state index in [0.717, 1.165) is 12.1 Å². The van der Waals surface area contributed by atoms with E-state index in [0.29, 0.717) is 0 Å². The van der Waals surface area contributed by atoms with Crippen LogP contribution < -0.4 is 9.47 Å². The first-order chi connectivity index (χ1) is 14.3. The molecule has 11 heteroatoms. The standard InChI is InChI=1S/C20H21F3O7S/c1-19(2)27-11-18(30-19)17(24)12-31(25,26)16-9-7-14(8-10-16)28-13-3-5-15(6-4-13)29-20(21,22)23/h3-10,17-18,24H,11-12H2,1-2H3/t17?,18-/m0/s1. The minimum absolute atomic E-state index is 0.0222. The molecule has 7 nitrogen and oxygen atoms in total. The molecule has 31 heavy (non-hydrogen) atoms. The summed E-state index contributed by atoms with van der Waals surface area (Å²) < 4.78 is 81.8. The fourth-order valence-corrected chi connectivity index (χ4v) is 4.30. The molecule has 2 atom stereocenters. The fourth-order valence-electron chi connectivity index (χ4n) is 2.89. The Balaban J connectivity index is 1.61. The Kier molecular flexibility index (Phi) is 6.51. The zero-order valence-corrected chi connectivity index (χ0v) is 17.4. The van der Waals surface area contributed by atoms with E-state index in [9.17, 15) is 26.7 Å². The van der Waals surface area contributed by atoms with Crippen molar-refractivity contribution in [2.75, 3.05) is 12.4 Å². The van der Waals surface area contributed by atoms with Crippen LogP contribution in [0.15, 0.2) is 53.4 Å². The molecular weight excluding hydrogens is 441 g/mol. The highest BCUT2D eigenvalue weighted by Gasteiger charge is 2.38. The Bertz CT molecular complexity index is 987. The average Bonchev–Trinajstić information content (AvgIpc) is 3.02. The van der Waals surface area contributed by atoms with Crippen molar-refractivity contribution in [3.8, 4) is 17.2 Å². The molecule has 1 unspecified atom stereocenters. The molecule has 1 aliphatic rings. The summed E-state index contributed by atoms with van der Waals surface area (Å²) in [5, 5.41) is 10.2. The number of benzene rings is 2. The number of aliphatic hydroxyl groups is 1. The van der Waals surface area contributed by atoms with Gasteiger partial charge in [0.05, 0.1) is 23.4 Å². The van der Waals surface area contributed by atoms with Crippen molar-refractivity contribution in [2.24, 2.45) is 0 Å². The summed E-state index contributed by atoms with van der Waals surface area (Å²) in [4.78, 5) is -0.0222. The van der Waals surface area contributed by atoms with Gasteiger partial charge < -0.3 is 24.1 Å². The Hall–Kier alpha value is -2.34. The number of ether oxygens (including phenoxy) is 4. The molecule has 1 heterocycles. The van der Waals surface area contributed by atoms with E-state index in [4.69, 9.17) is 14.2 Å². The molecule has 1 saturated heterocycles. The van der Waals surface area contributed by atoms with Crippen molar-refractivity contribution in [1.82, 2.24) is 0 Å². The van der Waals surface area contributed by atoms with E-state index in [1.54, 1.807) is 13.8 Å². The van der Waals surface area contributed by atoms with Gasteiger partial charge in [-0.15, -0.1) is 13.2 Å². The minimum atomic E-state index is -4.79. The average molecular weight is 462 g/mol. The summed E-state index contributed by atoms with van der Waals surface area (Å²) in [5.74, 6) is -1.30. The third-order valence-electron chi connectivity index (χ3n) is 4.33. The van der Waals surface area contributed by atoms with E-state index in [1.165, 1.54) is 36.4 Å².